The SMILES string of the molecule is O=C(C1COc2ccccc2O1)N1CCNCC1.O=Cc1cccc(F)c1N1CCN(C(=O)C2COc3ccccc3O2)CC1. The molecule has 4 aliphatic heterocycles. The van der Waals surface area contributed by atoms with Crippen molar-refractivity contribution in [3.05, 3.63) is 78.1 Å². The molecule has 4 heterocycles. The molecule has 0 bridgehead atoms. The molecule has 12 heteroatoms. The Kier molecular flexibility index (Phi) is 9.30. The van der Waals surface area contributed by atoms with Gasteiger partial charge < -0.3 is 39.0 Å². The first-order valence-corrected chi connectivity index (χ1v) is 15.1. The number of carbonyl (C=O) groups is 3. The van der Waals surface area contributed by atoms with Crippen LogP contribution in [0, 0.1) is 5.82 Å². The van der Waals surface area contributed by atoms with Gasteiger partial charge in [0, 0.05) is 57.9 Å². The lowest BCUT2D eigenvalue weighted by Crippen LogP contribution is -2.54. The second-order valence-electron chi connectivity index (χ2n) is 10.9. The average Bonchev–Trinajstić information content (AvgIpc) is 3.11. The monoisotopic (exact) mass is 618 g/mol. The largest absolute Gasteiger partial charge is 0.485 e. The van der Waals surface area contributed by atoms with Crippen molar-refractivity contribution in [2.75, 3.05) is 70.5 Å². The van der Waals surface area contributed by atoms with Crippen LogP contribution < -0.4 is 29.2 Å². The van der Waals surface area contributed by atoms with E-state index in [4.69, 9.17) is 18.9 Å². The fourth-order valence-electron chi connectivity index (χ4n) is 5.69. The quantitative estimate of drug-likeness (QED) is 0.441. The topological polar surface area (TPSA) is 110 Å². The van der Waals surface area contributed by atoms with E-state index >= 15 is 0 Å². The summed E-state index contributed by atoms with van der Waals surface area (Å²) in [6.07, 6.45) is -0.552. The number of hydrogen-bond donors (Lipinski definition) is 1. The van der Waals surface area contributed by atoms with E-state index in [-0.39, 0.29) is 18.4 Å². The van der Waals surface area contributed by atoms with Gasteiger partial charge in [0.2, 0.25) is 12.2 Å². The molecule has 2 fully saturated rings. The minimum Gasteiger partial charge on any atom is -0.485 e. The van der Waals surface area contributed by atoms with Crippen LogP contribution in [0.1, 0.15) is 10.4 Å². The van der Waals surface area contributed by atoms with E-state index in [0.717, 1.165) is 26.2 Å². The van der Waals surface area contributed by atoms with Crippen LogP contribution in [0.25, 0.3) is 0 Å². The maximum atomic E-state index is 14.2. The molecule has 0 saturated carbocycles. The van der Waals surface area contributed by atoms with Gasteiger partial charge in [-0.1, -0.05) is 30.3 Å². The minimum absolute atomic E-state index is 0.0194. The van der Waals surface area contributed by atoms with Crippen molar-refractivity contribution in [3.8, 4) is 23.0 Å². The molecule has 2 saturated heterocycles. The Morgan fingerprint density at radius 3 is 1.73 bits per heavy atom. The van der Waals surface area contributed by atoms with Crippen molar-refractivity contribution >= 4 is 23.8 Å². The third kappa shape index (κ3) is 6.80. The lowest BCUT2D eigenvalue weighted by molar-refractivity contribution is -0.142. The molecule has 3 aromatic carbocycles. The van der Waals surface area contributed by atoms with Gasteiger partial charge in [-0.3, -0.25) is 14.4 Å². The van der Waals surface area contributed by atoms with E-state index in [9.17, 15) is 18.8 Å². The van der Waals surface area contributed by atoms with E-state index in [2.05, 4.69) is 5.32 Å². The van der Waals surface area contributed by atoms with Crippen molar-refractivity contribution in [1.82, 2.24) is 15.1 Å². The second-order valence-corrected chi connectivity index (χ2v) is 10.9. The molecule has 4 aliphatic rings. The van der Waals surface area contributed by atoms with Crippen LogP contribution in [-0.2, 0) is 9.59 Å². The molecule has 0 radical (unpaired) electrons. The Hall–Kier alpha value is -4.84. The van der Waals surface area contributed by atoms with Gasteiger partial charge in [0.1, 0.15) is 19.0 Å². The molecule has 2 atom stereocenters. The average molecular weight is 619 g/mol. The summed E-state index contributed by atoms with van der Waals surface area (Å²) in [6.45, 7) is 5.35. The summed E-state index contributed by atoms with van der Waals surface area (Å²) in [6, 6.07) is 19.1. The van der Waals surface area contributed by atoms with Crippen molar-refractivity contribution in [3.63, 3.8) is 0 Å². The molecule has 1 N–H and O–H groups in total. The maximum absolute atomic E-state index is 14.2. The molecular formula is C33H35FN4O7. The zero-order chi connectivity index (χ0) is 31.2. The molecular weight excluding hydrogens is 583 g/mol. The van der Waals surface area contributed by atoms with Gasteiger partial charge in [0.25, 0.3) is 11.8 Å². The molecule has 0 aromatic heterocycles. The number of anilines is 1. The number of amides is 2. The molecule has 2 amide bonds. The Bertz CT molecular complexity index is 1520. The van der Waals surface area contributed by atoms with E-state index in [1.165, 1.54) is 12.1 Å². The van der Waals surface area contributed by atoms with Gasteiger partial charge in [-0.15, -0.1) is 0 Å². The number of hydrogen-bond acceptors (Lipinski definition) is 9. The fraction of sp³-hybridized carbons (Fsp3) is 0.364. The number of para-hydroxylation sites is 5. The Morgan fingerprint density at radius 1 is 0.689 bits per heavy atom. The van der Waals surface area contributed by atoms with Gasteiger partial charge in [0.05, 0.1) is 5.69 Å². The minimum atomic E-state index is -0.689. The van der Waals surface area contributed by atoms with Crippen LogP contribution in [0.2, 0.25) is 0 Å². The number of ether oxygens (including phenoxy) is 4. The number of piperazine rings is 2. The number of halogens is 1. The summed E-state index contributed by atoms with van der Waals surface area (Å²) in [5.74, 6) is 1.99. The molecule has 0 spiro atoms. The Morgan fingerprint density at radius 2 is 1.20 bits per heavy atom. The van der Waals surface area contributed by atoms with Gasteiger partial charge in [-0.25, -0.2) is 4.39 Å². The smallest absolute Gasteiger partial charge is 0.267 e. The number of nitrogens with one attached hydrogen (secondary N) is 1. The van der Waals surface area contributed by atoms with Crippen molar-refractivity contribution in [2.45, 2.75) is 12.2 Å². The lowest BCUT2D eigenvalue weighted by atomic mass is 10.1. The van der Waals surface area contributed by atoms with Crippen molar-refractivity contribution < 1.29 is 37.7 Å². The number of nitrogens with zero attached hydrogens (tertiary/aromatic N) is 3. The highest BCUT2D eigenvalue weighted by Crippen LogP contribution is 2.32. The standard InChI is InChI=1S/C20H19FN2O4.C13H16N2O3/c21-15-5-3-4-14(12-24)19(15)22-8-10-23(11-9-22)20(25)18-13-26-16-6-1-2-7-17(16)27-18;16-13(15-7-5-14-6-8-15)12-9-17-10-3-1-2-4-11(10)18-12/h1-7,12,18H,8-11,13H2;1-4,12,14H,5-9H2. The molecule has 7 rings (SSSR count). The van der Waals surface area contributed by atoms with Gasteiger partial charge in [0.15, 0.2) is 29.3 Å². The molecule has 2 unspecified atom stereocenters. The third-order valence-electron chi connectivity index (χ3n) is 8.05. The Balaban J connectivity index is 0.000000172. The summed E-state index contributed by atoms with van der Waals surface area (Å²) >= 11 is 0. The molecule has 45 heavy (non-hydrogen) atoms. The van der Waals surface area contributed by atoms with E-state index in [1.54, 1.807) is 28.0 Å². The summed E-state index contributed by atoms with van der Waals surface area (Å²) < 4.78 is 36.9. The number of aldehydes is 1. The van der Waals surface area contributed by atoms with Crippen molar-refractivity contribution in [2.24, 2.45) is 0 Å². The summed E-state index contributed by atoms with van der Waals surface area (Å²) in [5, 5.41) is 3.22. The zero-order valence-electron chi connectivity index (χ0n) is 24.7. The van der Waals surface area contributed by atoms with Gasteiger partial charge in [-0.2, -0.15) is 0 Å². The van der Waals surface area contributed by atoms with Crippen LogP contribution in [-0.4, -0.2) is 106 Å². The summed E-state index contributed by atoms with van der Waals surface area (Å²) in [7, 11) is 0. The maximum Gasteiger partial charge on any atom is 0.267 e. The van der Waals surface area contributed by atoms with E-state index in [1.807, 2.05) is 41.3 Å². The third-order valence-corrected chi connectivity index (χ3v) is 8.05. The van der Waals surface area contributed by atoms with Crippen LogP contribution in [0.5, 0.6) is 23.0 Å². The fourth-order valence-corrected chi connectivity index (χ4v) is 5.69. The van der Waals surface area contributed by atoms with Crippen LogP contribution in [0.4, 0.5) is 10.1 Å². The van der Waals surface area contributed by atoms with Gasteiger partial charge in [-0.05, 0) is 36.4 Å². The van der Waals surface area contributed by atoms with Crippen molar-refractivity contribution in [1.29, 1.82) is 0 Å². The zero-order valence-corrected chi connectivity index (χ0v) is 24.7. The predicted octanol–water partition coefficient (Wildman–Crippen LogP) is 2.39. The number of carbonyl (C=O) groups excluding carboxylic acids is 3. The first kappa shape index (κ1) is 30.2. The first-order valence-electron chi connectivity index (χ1n) is 15.1. The predicted molar refractivity (Wildman–Crippen MR) is 163 cm³/mol. The van der Waals surface area contributed by atoms with E-state index in [0.29, 0.717) is 73.3 Å². The second kappa shape index (κ2) is 13.9. The number of rotatable bonds is 4. The Labute approximate surface area is 260 Å². The van der Waals surface area contributed by atoms with Crippen LogP contribution >= 0.6 is 0 Å². The molecule has 3 aromatic rings. The number of fused-ring (bicyclic) bond motifs is 2. The highest BCUT2D eigenvalue weighted by atomic mass is 19.1. The van der Waals surface area contributed by atoms with Crippen LogP contribution in [0.3, 0.4) is 0 Å². The number of benzene rings is 3. The van der Waals surface area contributed by atoms with Crippen LogP contribution in [0.15, 0.2) is 66.7 Å². The highest BCUT2D eigenvalue weighted by Gasteiger charge is 2.34. The lowest BCUT2D eigenvalue weighted by Gasteiger charge is -2.38. The molecule has 11 nitrogen and oxygen atoms in total. The summed E-state index contributed by atoms with van der Waals surface area (Å²) in [5.41, 5.74) is 0.612. The molecule has 236 valence electrons. The van der Waals surface area contributed by atoms with E-state index < -0.39 is 18.0 Å². The molecule has 0 aliphatic carbocycles. The first-order chi connectivity index (χ1) is 22.0. The normalized spacial score (nSPS) is 20.4. The highest BCUT2D eigenvalue weighted by molar-refractivity contribution is 5.85. The van der Waals surface area contributed by atoms with Gasteiger partial charge >= 0.3 is 0 Å². The summed E-state index contributed by atoms with van der Waals surface area (Å²) in [4.78, 5) is 41.6.